The van der Waals surface area contributed by atoms with E-state index in [2.05, 4.69) is 17.1 Å². The molecule has 24 heavy (non-hydrogen) atoms. The average molecular weight is 367 g/mol. The van der Waals surface area contributed by atoms with Crippen LogP contribution in [0.15, 0.2) is 36.4 Å². The molecule has 2 aromatic carbocycles. The first-order valence-electron chi connectivity index (χ1n) is 7.95. The van der Waals surface area contributed by atoms with Crippen molar-refractivity contribution in [1.29, 1.82) is 0 Å². The number of phenols is 2. The SMILES string of the molecule is CCN1CCN[C@@H](c2ccc(O)cc2Cl)[C@H]1c1ccc(O)cc1Cl. The fraction of sp³-hybridized carbons (Fsp3) is 0.333. The molecule has 3 N–H and O–H groups in total. The summed E-state index contributed by atoms with van der Waals surface area (Å²) in [6.45, 7) is 4.71. The van der Waals surface area contributed by atoms with Crippen LogP contribution in [0.1, 0.15) is 30.1 Å². The standard InChI is InChI=1S/C18H20Cl2N2O2/c1-2-22-8-7-21-17(13-5-3-11(23)9-15(13)19)18(22)14-6-4-12(24)10-16(14)20/h3-6,9-10,17-18,21,23-24H,2,7-8H2,1H3/t17-,18+/m0/s1. The minimum absolute atomic E-state index is 0.0149. The van der Waals surface area contributed by atoms with Crippen LogP contribution in [0.5, 0.6) is 11.5 Å². The van der Waals surface area contributed by atoms with Crippen molar-refractivity contribution in [2.45, 2.75) is 19.0 Å². The molecule has 0 aromatic heterocycles. The topological polar surface area (TPSA) is 55.7 Å². The number of nitrogens with zero attached hydrogens (tertiary/aromatic N) is 1. The lowest BCUT2D eigenvalue weighted by atomic mass is 9.90. The first-order chi connectivity index (χ1) is 11.5. The van der Waals surface area contributed by atoms with Crippen molar-refractivity contribution in [3.8, 4) is 11.5 Å². The summed E-state index contributed by atoms with van der Waals surface area (Å²) in [7, 11) is 0. The van der Waals surface area contributed by atoms with Crippen LogP contribution in [0, 0.1) is 0 Å². The molecule has 4 nitrogen and oxygen atoms in total. The Bertz CT molecular complexity index is 739. The van der Waals surface area contributed by atoms with Crippen molar-refractivity contribution in [2.24, 2.45) is 0 Å². The highest BCUT2D eigenvalue weighted by atomic mass is 35.5. The van der Waals surface area contributed by atoms with Gasteiger partial charge in [-0.15, -0.1) is 0 Å². The molecule has 0 spiro atoms. The zero-order chi connectivity index (χ0) is 17.3. The van der Waals surface area contributed by atoms with E-state index in [1.165, 1.54) is 0 Å². The number of hydrogen-bond acceptors (Lipinski definition) is 4. The molecule has 0 aliphatic carbocycles. The van der Waals surface area contributed by atoms with Gasteiger partial charge in [0.05, 0.1) is 12.1 Å². The molecule has 3 rings (SSSR count). The summed E-state index contributed by atoms with van der Waals surface area (Å²) in [6.07, 6.45) is 0. The van der Waals surface area contributed by atoms with Crippen molar-refractivity contribution >= 4 is 23.2 Å². The Balaban J connectivity index is 2.08. The summed E-state index contributed by atoms with van der Waals surface area (Å²) in [6, 6.07) is 10.0. The van der Waals surface area contributed by atoms with Crippen LogP contribution in [0.2, 0.25) is 10.0 Å². The Kier molecular flexibility index (Phi) is 5.21. The van der Waals surface area contributed by atoms with E-state index < -0.39 is 0 Å². The molecule has 1 fully saturated rings. The Labute approximate surface area is 151 Å². The van der Waals surface area contributed by atoms with Crippen LogP contribution in [0.3, 0.4) is 0 Å². The molecule has 0 bridgehead atoms. The van der Waals surface area contributed by atoms with Gasteiger partial charge >= 0.3 is 0 Å². The smallest absolute Gasteiger partial charge is 0.117 e. The molecule has 1 heterocycles. The number of hydrogen-bond donors (Lipinski definition) is 3. The van der Waals surface area contributed by atoms with E-state index in [-0.39, 0.29) is 23.6 Å². The summed E-state index contributed by atoms with van der Waals surface area (Å²) < 4.78 is 0. The quantitative estimate of drug-likeness (QED) is 0.764. The maximum absolute atomic E-state index is 9.65. The highest BCUT2D eigenvalue weighted by molar-refractivity contribution is 6.32. The van der Waals surface area contributed by atoms with Crippen LogP contribution in [0.4, 0.5) is 0 Å². The van der Waals surface area contributed by atoms with E-state index in [9.17, 15) is 10.2 Å². The number of rotatable bonds is 3. The van der Waals surface area contributed by atoms with Gasteiger partial charge in [0.2, 0.25) is 0 Å². The summed E-state index contributed by atoms with van der Waals surface area (Å²) >= 11 is 12.8. The number of likely N-dealkylation sites (N-methyl/N-ethyl adjacent to an activating group) is 1. The van der Waals surface area contributed by atoms with Gasteiger partial charge in [-0.05, 0) is 41.9 Å². The molecule has 0 radical (unpaired) electrons. The molecule has 128 valence electrons. The van der Waals surface area contributed by atoms with Crippen LogP contribution in [-0.4, -0.2) is 34.7 Å². The van der Waals surface area contributed by atoms with Gasteiger partial charge in [0, 0.05) is 23.1 Å². The Hall–Kier alpha value is -1.46. The van der Waals surface area contributed by atoms with Crippen molar-refractivity contribution in [3.05, 3.63) is 57.6 Å². The third-order valence-corrected chi connectivity index (χ3v) is 5.16. The van der Waals surface area contributed by atoms with E-state index in [0.717, 1.165) is 30.8 Å². The van der Waals surface area contributed by atoms with Crippen LogP contribution in [0.25, 0.3) is 0 Å². The second kappa shape index (κ2) is 7.19. The van der Waals surface area contributed by atoms with E-state index in [1.54, 1.807) is 24.3 Å². The van der Waals surface area contributed by atoms with Crippen molar-refractivity contribution < 1.29 is 10.2 Å². The normalized spacial score (nSPS) is 21.8. The average Bonchev–Trinajstić information content (AvgIpc) is 2.54. The summed E-state index contributed by atoms with van der Waals surface area (Å²) in [5, 5.41) is 23.9. The fourth-order valence-corrected chi connectivity index (χ4v) is 3.94. The first kappa shape index (κ1) is 17.4. The Morgan fingerprint density at radius 2 is 1.62 bits per heavy atom. The molecular weight excluding hydrogens is 347 g/mol. The first-order valence-corrected chi connectivity index (χ1v) is 8.71. The lowest BCUT2D eigenvalue weighted by Gasteiger charge is -2.42. The number of piperazine rings is 1. The second-order valence-corrected chi connectivity index (χ2v) is 6.73. The van der Waals surface area contributed by atoms with E-state index in [0.29, 0.717) is 10.0 Å². The monoisotopic (exact) mass is 366 g/mol. The van der Waals surface area contributed by atoms with Crippen LogP contribution >= 0.6 is 23.2 Å². The largest absolute Gasteiger partial charge is 0.508 e. The molecule has 0 unspecified atom stereocenters. The van der Waals surface area contributed by atoms with Crippen molar-refractivity contribution in [3.63, 3.8) is 0 Å². The number of aromatic hydroxyl groups is 2. The number of nitrogens with one attached hydrogen (secondary N) is 1. The molecule has 6 heteroatoms. The lowest BCUT2D eigenvalue weighted by molar-refractivity contribution is 0.126. The summed E-state index contributed by atoms with van der Waals surface area (Å²) in [4.78, 5) is 2.34. The minimum Gasteiger partial charge on any atom is -0.508 e. The Morgan fingerprint density at radius 1 is 1.04 bits per heavy atom. The zero-order valence-electron chi connectivity index (χ0n) is 13.3. The van der Waals surface area contributed by atoms with E-state index in [4.69, 9.17) is 23.2 Å². The molecule has 0 amide bonds. The zero-order valence-corrected chi connectivity index (χ0v) is 14.8. The number of halogens is 2. The van der Waals surface area contributed by atoms with Gasteiger partial charge in [-0.3, -0.25) is 4.90 Å². The number of benzene rings is 2. The Morgan fingerprint density at radius 3 is 2.17 bits per heavy atom. The van der Waals surface area contributed by atoms with Crippen LogP contribution < -0.4 is 5.32 Å². The van der Waals surface area contributed by atoms with Crippen molar-refractivity contribution in [2.75, 3.05) is 19.6 Å². The van der Waals surface area contributed by atoms with E-state index >= 15 is 0 Å². The van der Waals surface area contributed by atoms with Gasteiger partial charge in [-0.25, -0.2) is 0 Å². The van der Waals surface area contributed by atoms with E-state index in [1.807, 2.05) is 12.1 Å². The third kappa shape index (κ3) is 3.33. The van der Waals surface area contributed by atoms with Gasteiger partial charge in [-0.1, -0.05) is 42.3 Å². The lowest BCUT2D eigenvalue weighted by Crippen LogP contribution is -2.48. The third-order valence-electron chi connectivity index (χ3n) is 4.50. The predicted molar refractivity (Wildman–Crippen MR) is 97.0 cm³/mol. The minimum atomic E-state index is -0.0613. The molecular formula is C18H20Cl2N2O2. The van der Waals surface area contributed by atoms with Gasteiger partial charge < -0.3 is 15.5 Å². The molecule has 1 saturated heterocycles. The highest BCUT2D eigenvalue weighted by Crippen LogP contribution is 2.42. The summed E-state index contributed by atoms with van der Waals surface area (Å²) in [5.74, 6) is 0.293. The van der Waals surface area contributed by atoms with Crippen LogP contribution in [-0.2, 0) is 0 Å². The maximum atomic E-state index is 9.65. The maximum Gasteiger partial charge on any atom is 0.117 e. The van der Waals surface area contributed by atoms with Crippen molar-refractivity contribution in [1.82, 2.24) is 10.2 Å². The molecule has 0 saturated carbocycles. The molecule has 1 aliphatic heterocycles. The molecule has 2 aromatic rings. The van der Waals surface area contributed by atoms with Gasteiger partial charge in [0.25, 0.3) is 0 Å². The van der Waals surface area contributed by atoms with Gasteiger partial charge in [0.1, 0.15) is 11.5 Å². The second-order valence-electron chi connectivity index (χ2n) is 5.92. The van der Waals surface area contributed by atoms with Gasteiger partial charge in [-0.2, -0.15) is 0 Å². The fourth-order valence-electron chi connectivity index (χ4n) is 3.36. The molecule has 2 atom stereocenters. The predicted octanol–water partition coefficient (Wildman–Crippen LogP) is 4.11. The highest BCUT2D eigenvalue weighted by Gasteiger charge is 2.35. The molecule has 1 aliphatic rings. The van der Waals surface area contributed by atoms with Gasteiger partial charge in [0.15, 0.2) is 0 Å². The number of phenolic OH excluding ortho intramolecular Hbond substituents is 2. The summed E-state index contributed by atoms with van der Waals surface area (Å²) in [5.41, 5.74) is 1.86.